The molecule has 0 radical (unpaired) electrons. The highest BCUT2D eigenvalue weighted by Gasteiger charge is 2.43. The quantitative estimate of drug-likeness (QED) is 0.516. The molecule has 144 valence electrons. The van der Waals surface area contributed by atoms with E-state index >= 15 is 0 Å². The smallest absolute Gasteiger partial charge is 0.296 e. The van der Waals surface area contributed by atoms with Gasteiger partial charge in [-0.15, -0.1) is 0 Å². The highest BCUT2D eigenvalue weighted by Crippen LogP contribution is 2.42. The molecule has 0 aliphatic carbocycles. The molecule has 1 aliphatic heterocycles. The van der Waals surface area contributed by atoms with E-state index < -0.39 is 11.7 Å². The van der Waals surface area contributed by atoms with Crippen molar-refractivity contribution in [2.75, 3.05) is 0 Å². The summed E-state index contributed by atoms with van der Waals surface area (Å²) in [6.45, 7) is 1.78. The van der Waals surface area contributed by atoms with Crippen molar-refractivity contribution in [2.45, 2.75) is 19.3 Å². The molecule has 0 saturated carbocycles. The maximum atomic E-state index is 13.9. The third-order valence-electron chi connectivity index (χ3n) is 4.18. The van der Waals surface area contributed by atoms with Crippen LogP contribution in [0.2, 0.25) is 10.0 Å². The first-order valence-corrected chi connectivity index (χ1v) is 9.13. The number of halogens is 3. The Hall–Kier alpha value is -2.70. The first-order chi connectivity index (χ1) is 13.4. The molecule has 1 aromatic heterocycles. The number of rotatable bonds is 5. The molecule has 4 rings (SSSR count). The van der Waals surface area contributed by atoms with E-state index in [1.165, 1.54) is 17.2 Å². The number of hydrogen-bond donors (Lipinski definition) is 0. The fourth-order valence-corrected chi connectivity index (χ4v) is 3.35. The van der Waals surface area contributed by atoms with Crippen molar-refractivity contribution >= 4 is 23.2 Å². The van der Waals surface area contributed by atoms with Gasteiger partial charge in [-0.2, -0.15) is 4.39 Å². The molecule has 0 amide bonds. The molecule has 3 aromatic rings. The normalized spacial score (nSPS) is 18.4. The molecule has 0 saturated heterocycles. The van der Waals surface area contributed by atoms with E-state index in [4.69, 9.17) is 37.4 Å². The first kappa shape index (κ1) is 18.7. The van der Waals surface area contributed by atoms with Crippen molar-refractivity contribution in [2.24, 2.45) is 0 Å². The van der Waals surface area contributed by atoms with E-state index in [0.29, 0.717) is 32.9 Å². The van der Waals surface area contributed by atoms with Gasteiger partial charge in [-0.1, -0.05) is 23.2 Å². The lowest BCUT2D eigenvalue weighted by Gasteiger charge is -2.30. The Morgan fingerprint density at radius 2 is 1.89 bits per heavy atom. The molecule has 2 aromatic carbocycles. The van der Waals surface area contributed by atoms with Gasteiger partial charge in [-0.25, -0.2) is 4.98 Å². The fraction of sp³-hybridized carbons (Fsp3) is 0.150. The zero-order chi connectivity index (χ0) is 19.7. The van der Waals surface area contributed by atoms with Crippen LogP contribution in [0.3, 0.4) is 0 Å². The third kappa shape index (κ3) is 3.66. The van der Waals surface area contributed by atoms with Crippen LogP contribution in [0.4, 0.5) is 4.39 Å². The molecule has 0 spiro atoms. The summed E-state index contributed by atoms with van der Waals surface area (Å²) in [7, 11) is 0. The second-order valence-corrected chi connectivity index (χ2v) is 7.09. The van der Waals surface area contributed by atoms with Crippen LogP contribution in [0.15, 0.2) is 67.0 Å². The minimum Gasteiger partial charge on any atom is -0.457 e. The van der Waals surface area contributed by atoms with Gasteiger partial charge in [-0.3, -0.25) is 4.57 Å². The molecule has 0 N–H and O–H groups in total. The number of imidazole rings is 1. The predicted molar refractivity (Wildman–Crippen MR) is 103 cm³/mol. The molecule has 1 aliphatic rings. The van der Waals surface area contributed by atoms with E-state index in [-0.39, 0.29) is 6.54 Å². The Kier molecular flexibility index (Phi) is 4.91. The van der Waals surface area contributed by atoms with Gasteiger partial charge in [0.15, 0.2) is 0 Å². The number of nitrogens with zero attached hydrogens (tertiary/aromatic N) is 2. The van der Waals surface area contributed by atoms with Crippen molar-refractivity contribution in [1.29, 1.82) is 0 Å². The minimum atomic E-state index is -1.30. The topological polar surface area (TPSA) is 45.5 Å². The Morgan fingerprint density at radius 1 is 1.14 bits per heavy atom. The molecule has 28 heavy (non-hydrogen) atoms. The molecule has 0 fully saturated rings. The van der Waals surface area contributed by atoms with Crippen LogP contribution in [-0.4, -0.2) is 9.55 Å². The van der Waals surface area contributed by atoms with Crippen LogP contribution >= 0.6 is 23.2 Å². The zero-order valence-corrected chi connectivity index (χ0v) is 16.2. The highest BCUT2D eigenvalue weighted by molar-refractivity contribution is 6.31. The van der Waals surface area contributed by atoms with Crippen LogP contribution in [-0.2, 0) is 21.8 Å². The molecular weight excluding hydrogens is 406 g/mol. The van der Waals surface area contributed by atoms with E-state index in [0.717, 1.165) is 6.20 Å². The van der Waals surface area contributed by atoms with Crippen LogP contribution in [0, 0.1) is 5.95 Å². The van der Waals surface area contributed by atoms with Crippen LogP contribution in [0.25, 0.3) is 0 Å². The van der Waals surface area contributed by atoms with Gasteiger partial charge < -0.3 is 14.2 Å². The summed E-state index contributed by atoms with van der Waals surface area (Å²) in [5.41, 5.74) is 0.541. The van der Waals surface area contributed by atoms with E-state index in [1.54, 1.807) is 49.4 Å². The van der Waals surface area contributed by atoms with Gasteiger partial charge in [0.25, 0.3) is 5.79 Å². The third-order valence-corrected chi connectivity index (χ3v) is 4.75. The summed E-state index contributed by atoms with van der Waals surface area (Å²) in [5.74, 6) is -0.105. The summed E-state index contributed by atoms with van der Waals surface area (Å²) >= 11 is 12.4. The number of benzene rings is 2. The molecule has 8 heteroatoms. The van der Waals surface area contributed by atoms with Crippen LogP contribution in [0.1, 0.15) is 12.5 Å². The predicted octanol–water partition coefficient (Wildman–Crippen LogP) is 5.88. The second kappa shape index (κ2) is 7.37. The van der Waals surface area contributed by atoms with Gasteiger partial charge in [0, 0.05) is 5.02 Å². The molecule has 1 atom stereocenters. The van der Waals surface area contributed by atoms with Gasteiger partial charge in [-0.05, 0) is 49.4 Å². The van der Waals surface area contributed by atoms with Crippen molar-refractivity contribution in [3.63, 3.8) is 0 Å². The Bertz CT molecular complexity index is 1040. The van der Waals surface area contributed by atoms with Crippen molar-refractivity contribution in [3.8, 4) is 11.5 Å². The summed E-state index contributed by atoms with van der Waals surface area (Å²) in [4.78, 5) is 3.79. The average Bonchev–Trinajstić information content (AvgIpc) is 3.23. The lowest BCUT2D eigenvalue weighted by molar-refractivity contribution is -0.168. The fourth-order valence-electron chi connectivity index (χ4n) is 2.91. The Morgan fingerprint density at radius 3 is 2.50 bits per heavy atom. The average molecular weight is 421 g/mol. The number of ether oxygens (including phenoxy) is 3. The van der Waals surface area contributed by atoms with Crippen molar-refractivity contribution < 1.29 is 18.6 Å². The van der Waals surface area contributed by atoms with Crippen LogP contribution in [0.5, 0.6) is 11.5 Å². The largest absolute Gasteiger partial charge is 0.457 e. The summed E-state index contributed by atoms with van der Waals surface area (Å²) in [6.07, 6.45) is 3.96. The maximum Gasteiger partial charge on any atom is 0.296 e. The summed E-state index contributed by atoms with van der Waals surface area (Å²) in [6, 6.07) is 12.1. The second-order valence-electron chi connectivity index (χ2n) is 6.24. The number of hydrogen-bond acceptors (Lipinski definition) is 4. The zero-order valence-electron chi connectivity index (χ0n) is 14.7. The van der Waals surface area contributed by atoms with Crippen LogP contribution < -0.4 is 4.74 Å². The Balaban J connectivity index is 1.64. The molecule has 0 bridgehead atoms. The van der Waals surface area contributed by atoms with Gasteiger partial charge >= 0.3 is 0 Å². The van der Waals surface area contributed by atoms with Gasteiger partial charge in [0.1, 0.15) is 30.1 Å². The highest BCUT2D eigenvalue weighted by atomic mass is 35.5. The SMILES string of the molecule is CC1=COC(Cn2cncc2F)(c2ccc(Oc3ccc(Cl)cc3)cc2Cl)O1. The summed E-state index contributed by atoms with van der Waals surface area (Å²) in [5, 5.41) is 0.975. The minimum absolute atomic E-state index is 0.0315. The monoisotopic (exact) mass is 420 g/mol. The van der Waals surface area contributed by atoms with E-state index in [9.17, 15) is 4.39 Å². The number of allylic oxidation sites excluding steroid dienone is 1. The molecule has 5 nitrogen and oxygen atoms in total. The molecule has 1 unspecified atom stereocenters. The number of aromatic nitrogens is 2. The van der Waals surface area contributed by atoms with Gasteiger partial charge in [0.2, 0.25) is 5.95 Å². The van der Waals surface area contributed by atoms with Gasteiger partial charge in [0.05, 0.1) is 23.1 Å². The standard InChI is InChI=1S/C20H15Cl2FN2O3/c1-13-10-26-20(28-13,11-25-12-24-9-19(25)23)17-7-6-16(8-18(17)22)27-15-4-2-14(21)3-5-15/h2-10,12H,11H2,1H3. The molecule has 2 heterocycles. The lowest BCUT2D eigenvalue weighted by atomic mass is 10.0. The maximum absolute atomic E-state index is 13.9. The molecular formula is C20H15Cl2FN2O3. The van der Waals surface area contributed by atoms with E-state index in [2.05, 4.69) is 4.98 Å². The Labute approximate surface area is 170 Å². The van der Waals surface area contributed by atoms with E-state index in [1.807, 2.05) is 0 Å². The van der Waals surface area contributed by atoms with Crippen molar-refractivity contribution in [3.05, 3.63) is 88.6 Å². The first-order valence-electron chi connectivity index (χ1n) is 8.38. The lowest BCUT2D eigenvalue weighted by Crippen LogP contribution is -2.33. The summed E-state index contributed by atoms with van der Waals surface area (Å²) < 4.78 is 32.7. The van der Waals surface area contributed by atoms with Crippen molar-refractivity contribution in [1.82, 2.24) is 9.55 Å².